The van der Waals surface area contributed by atoms with Crippen LogP contribution in [0.25, 0.3) is 0 Å². The number of hydrogen-bond acceptors (Lipinski definition) is 4. The van der Waals surface area contributed by atoms with Crippen LogP contribution in [0.3, 0.4) is 0 Å². The minimum absolute atomic E-state index is 0.0918. The fourth-order valence-electron chi connectivity index (χ4n) is 2.57. The minimum atomic E-state index is -3.99. The molecule has 0 fully saturated rings. The molecule has 0 aliphatic rings. The molecule has 10 heteroatoms. The molecule has 1 amide bonds. The molecule has 6 nitrogen and oxygen atoms in total. The molecule has 0 aliphatic carbocycles. The highest BCUT2D eigenvalue weighted by atomic mass is 35.5. The number of amides is 1. The second-order valence-electron chi connectivity index (χ2n) is 6.09. The Morgan fingerprint density at radius 2 is 1.50 bits per heavy atom. The van der Waals surface area contributed by atoms with E-state index in [2.05, 4.69) is 10.0 Å². The van der Waals surface area contributed by atoms with Crippen LogP contribution in [0.2, 0.25) is 15.1 Å². The number of carbonyl (C=O) groups excluding carboxylic acids is 1. The van der Waals surface area contributed by atoms with E-state index in [9.17, 15) is 13.2 Å². The molecule has 0 atom stereocenters. The molecule has 3 aromatic carbocycles. The summed E-state index contributed by atoms with van der Waals surface area (Å²) in [5, 5.41) is 3.71. The van der Waals surface area contributed by atoms with E-state index >= 15 is 0 Å². The lowest BCUT2D eigenvalue weighted by Gasteiger charge is -2.14. The van der Waals surface area contributed by atoms with Crippen LogP contribution in [0, 0.1) is 0 Å². The number of carbonyl (C=O) groups is 1. The Morgan fingerprint density at radius 1 is 0.867 bits per heavy atom. The van der Waals surface area contributed by atoms with Crippen molar-refractivity contribution in [3.63, 3.8) is 0 Å². The number of anilines is 2. The lowest BCUT2D eigenvalue weighted by atomic mass is 10.2. The van der Waals surface area contributed by atoms with E-state index in [4.69, 9.17) is 39.5 Å². The molecule has 30 heavy (non-hydrogen) atoms. The first-order chi connectivity index (χ1) is 14.2. The maximum Gasteiger partial charge on any atom is 0.261 e. The molecule has 0 saturated carbocycles. The lowest BCUT2D eigenvalue weighted by molar-refractivity contribution is 0.102. The highest BCUT2D eigenvalue weighted by Gasteiger charge is 2.19. The third-order valence-electron chi connectivity index (χ3n) is 3.95. The minimum Gasteiger partial charge on any atom is -0.495 e. The number of rotatable bonds is 6. The van der Waals surface area contributed by atoms with Crippen molar-refractivity contribution in [2.45, 2.75) is 4.90 Å². The van der Waals surface area contributed by atoms with Gasteiger partial charge in [-0.3, -0.25) is 9.52 Å². The van der Waals surface area contributed by atoms with Gasteiger partial charge in [0.25, 0.3) is 15.9 Å². The van der Waals surface area contributed by atoms with E-state index in [1.807, 2.05) is 0 Å². The summed E-state index contributed by atoms with van der Waals surface area (Å²) >= 11 is 17.7. The molecule has 0 saturated heterocycles. The Balaban J connectivity index is 1.90. The SMILES string of the molecule is COc1ccc(S(=O)(=O)Nc2cc(Cl)cc(Cl)c2)cc1NC(=O)c1ccc(Cl)cc1. The number of nitrogens with one attached hydrogen (secondary N) is 2. The molecule has 2 N–H and O–H groups in total. The molecule has 0 radical (unpaired) electrons. The van der Waals surface area contributed by atoms with Crippen molar-refractivity contribution in [2.24, 2.45) is 0 Å². The van der Waals surface area contributed by atoms with Gasteiger partial charge in [-0.05, 0) is 60.7 Å². The van der Waals surface area contributed by atoms with E-state index in [1.165, 1.54) is 43.5 Å². The fraction of sp³-hybridized carbons (Fsp3) is 0.0500. The van der Waals surface area contributed by atoms with E-state index in [0.29, 0.717) is 16.3 Å². The largest absolute Gasteiger partial charge is 0.495 e. The Hall–Kier alpha value is -2.45. The summed E-state index contributed by atoms with van der Waals surface area (Å²) in [5.41, 5.74) is 0.737. The fourth-order valence-corrected chi connectivity index (χ4v) is 4.29. The number of methoxy groups -OCH3 is 1. The van der Waals surface area contributed by atoms with Crippen LogP contribution in [0.5, 0.6) is 5.75 Å². The second kappa shape index (κ2) is 9.14. The predicted octanol–water partition coefficient (Wildman–Crippen LogP) is 5.71. The van der Waals surface area contributed by atoms with Gasteiger partial charge in [-0.2, -0.15) is 0 Å². The molecule has 0 unspecified atom stereocenters. The highest BCUT2D eigenvalue weighted by Crippen LogP contribution is 2.30. The molecule has 0 bridgehead atoms. The monoisotopic (exact) mass is 484 g/mol. The van der Waals surface area contributed by atoms with Gasteiger partial charge < -0.3 is 10.1 Å². The zero-order chi connectivity index (χ0) is 21.9. The van der Waals surface area contributed by atoms with Gasteiger partial charge in [0.15, 0.2) is 0 Å². The van der Waals surface area contributed by atoms with Crippen LogP contribution in [0.1, 0.15) is 10.4 Å². The summed E-state index contributed by atoms with van der Waals surface area (Å²) in [4.78, 5) is 12.4. The zero-order valence-corrected chi connectivity index (χ0v) is 18.5. The summed E-state index contributed by atoms with van der Waals surface area (Å²) in [5.74, 6) is -0.156. The second-order valence-corrected chi connectivity index (χ2v) is 9.08. The molecular formula is C20H15Cl3N2O4S. The summed E-state index contributed by atoms with van der Waals surface area (Å²) in [7, 11) is -2.58. The Labute approximate surface area is 188 Å². The first-order valence-corrected chi connectivity index (χ1v) is 11.0. The molecule has 0 heterocycles. The third kappa shape index (κ3) is 5.37. The lowest BCUT2D eigenvalue weighted by Crippen LogP contribution is -2.15. The smallest absolute Gasteiger partial charge is 0.261 e. The van der Waals surface area contributed by atoms with Crippen molar-refractivity contribution in [3.8, 4) is 5.75 Å². The maximum atomic E-state index is 12.8. The van der Waals surface area contributed by atoms with Crippen molar-refractivity contribution in [3.05, 3.63) is 81.3 Å². The van der Waals surface area contributed by atoms with Crippen LogP contribution in [-0.2, 0) is 10.0 Å². The summed E-state index contributed by atoms with van der Waals surface area (Å²) in [6.07, 6.45) is 0. The average Bonchev–Trinajstić information content (AvgIpc) is 2.67. The van der Waals surface area contributed by atoms with Crippen molar-refractivity contribution < 1.29 is 17.9 Å². The number of benzene rings is 3. The first kappa shape index (κ1) is 22.2. The van der Waals surface area contributed by atoms with Gasteiger partial charge in [-0.15, -0.1) is 0 Å². The molecule has 0 aromatic heterocycles. The van der Waals surface area contributed by atoms with E-state index in [1.54, 1.807) is 24.3 Å². The number of halogens is 3. The van der Waals surface area contributed by atoms with E-state index < -0.39 is 15.9 Å². The molecule has 3 rings (SSSR count). The Bertz CT molecular complexity index is 1180. The standard InChI is InChI=1S/C20H15Cl3N2O4S/c1-29-19-7-6-17(30(27,28)25-16-9-14(22)8-15(23)10-16)11-18(19)24-20(26)12-2-4-13(21)5-3-12/h2-11,25H,1H3,(H,24,26). The Morgan fingerprint density at radius 3 is 2.10 bits per heavy atom. The third-order valence-corrected chi connectivity index (χ3v) is 6.02. The summed E-state index contributed by atoms with van der Waals surface area (Å²) < 4.78 is 33.2. The molecule has 0 spiro atoms. The van der Waals surface area contributed by atoms with Gasteiger partial charge >= 0.3 is 0 Å². The average molecular weight is 486 g/mol. The Kier molecular flexibility index (Phi) is 6.77. The quantitative estimate of drug-likeness (QED) is 0.468. The van der Waals surface area contributed by atoms with Gasteiger partial charge in [0.05, 0.1) is 23.4 Å². The van der Waals surface area contributed by atoms with Gasteiger partial charge in [0.2, 0.25) is 0 Å². The van der Waals surface area contributed by atoms with Crippen LogP contribution >= 0.6 is 34.8 Å². The first-order valence-electron chi connectivity index (χ1n) is 8.42. The number of sulfonamides is 1. The summed E-state index contributed by atoms with van der Waals surface area (Å²) in [6, 6.07) is 14.7. The van der Waals surface area contributed by atoms with Crippen LogP contribution in [-0.4, -0.2) is 21.4 Å². The van der Waals surface area contributed by atoms with Gasteiger partial charge in [-0.1, -0.05) is 34.8 Å². The number of ether oxygens (including phenoxy) is 1. The van der Waals surface area contributed by atoms with E-state index in [-0.39, 0.29) is 26.3 Å². The van der Waals surface area contributed by atoms with Crippen molar-refractivity contribution >= 4 is 62.1 Å². The topological polar surface area (TPSA) is 84.5 Å². The maximum absolute atomic E-state index is 12.8. The van der Waals surface area contributed by atoms with Crippen LogP contribution in [0.15, 0.2) is 65.6 Å². The van der Waals surface area contributed by atoms with Gasteiger partial charge in [0.1, 0.15) is 5.75 Å². The highest BCUT2D eigenvalue weighted by molar-refractivity contribution is 7.92. The summed E-state index contributed by atoms with van der Waals surface area (Å²) in [6.45, 7) is 0. The van der Waals surface area contributed by atoms with Crippen molar-refractivity contribution in [1.82, 2.24) is 0 Å². The van der Waals surface area contributed by atoms with Gasteiger partial charge in [-0.25, -0.2) is 8.42 Å². The predicted molar refractivity (Wildman–Crippen MR) is 120 cm³/mol. The number of hydrogen-bond donors (Lipinski definition) is 2. The van der Waals surface area contributed by atoms with Crippen LogP contribution < -0.4 is 14.8 Å². The molecule has 0 aliphatic heterocycles. The van der Waals surface area contributed by atoms with E-state index in [0.717, 1.165) is 0 Å². The molecule has 156 valence electrons. The van der Waals surface area contributed by atoms with Gasteiger partial charge in [0, 0.05) is 20.6 Å². The normalized spacial score (nSPS) is 11.1. The molecule has 3 aromatic rings. The van der Waals surface area contributed by atoms with Crippen LogP contribution in [0.4, 0.5) is 11.4 Å². The zero-order valence-electron chi connectivity index (χ0n) is 15.4. The van der Waals surface area contributed by atoms with Crippen molar-refractivity contribution in [2.75, 3.05) is 17.1 Å². The molecular weight excluding hydrogens is 471 g/mol. The van der Waals surface area contributed by atoms with Crippen molar-refractivity contribution in [1.29, 1.82) is 0 Å².